The van der Waals surface area contributed by atoms with Gasteiger partial charge in [0.25, 0.3) is 10.1 Å². The Hall–Kier alpha value is -1.51. The summed E-state index contributed by atoms with van der Waals surface area (Å²) in [6.45, 7) is 0.455. The number of fused-ring (bicyclic) bond motifs is 2. The van der Waals surface area contributed by atoms with Gasteiger partial charge in [0.15, 0.2) is 0 Å². The van der Waals surface area contributed by atoms with Crippen LogP contribution >= 0.6 is 12.2 Å². The molecule has 1 aromatic carbocycles. The first-order valence-corrected chi connectivity index (χ1v) is 11.3. The second-order valence-corrected chi connectivity index (χ2v) is 9.24. The normalized spacial score (nSPS) is 28.0. The number of nitrogens with zero attached hydrogens (tertiary/aromatic N) is 2. The van der Waals surface area contributed by atoms with Crippen LogP contribution in [0.25, 0.3) is 0 Å². The van der Waals surface area contributed by atoms with E-state index < -0.39 is 16.2 Å². The van der Waals surface area contributed by atoms with Gasteiger partial charge in [0, 0.05) is 24.2 Å². The Morgan fingerprint density at radius 2 is 2.00 bits per heavy atom. The molecule has 26 heavy (non-hydrogen) atoms. The molecule has 1 aliphatic carbocycles. The van der Waals surface area contributed by atoms with Crippen LogP contribution in [0.5, 0.6) is 0 Å². The molecule has 0 spiro atoms. The van der Waals surface area contributed by atoms with Crippen LogP contribution in [-0.4, -0.2) is 55.1 Å². The van der Waals surface area contributed by atoms with Crippen molar-refractivity contribution in [2.24, 2.45) is 4.99 Å². The molecule has 6 nitrogen and oxygen atoms in total. The van der Waals surface area contributed by atoms with Gasteiger partial charge in [0.05, 0.1) is 24.4 Å². The summed E-state index contributed by atoms with van der Waals surface area (Å²) in [4.78, 5) is 7.79. The van der Waals surface area contributed by atoms with Gasteiger partial charge in [-0.05, 0) is 25.0 Å². The summed E-state index contributed by atoms with van der Waals surface area (Å²) in [6.07, 6.45) is 5.87. The van der Waals surface area contributed by atoms with Crippen LogP contribution in [0, 0.1) is 0 Å². The summed E-state index contributed by atoms with van der Waals surface area (Å²) < 4.78 is 28.4. The maximum absolute atomic E-state index is 11.6. The maximum atomic E-state index is 11.6. The van der Waals surface area contributed by atoms with Gasteiger partial charge in [-0.2, -0.15) is 8.42 Å². The highest BCUT2D eigenvalue weighted by Crippen LogP contribution is 2.32. The van der Waals surface area contributed by atoms with Gasteiger partial charge < -0.3 is 10.2 Å². The van der Waals surface area contributed by atoms with E-state index in [0.29, 0.717) is 24.0 Å². The Morgan fingerprint density at radius 3 is 2.73 bits per heavy atom. The van der Waals surface area contributed by atoms with Crippen LogP contribution in [0.2, 0.25) is 0 Å². The van der Waals surface area contributed by atoms with Crippen LogP contribution in [0.1, 0.15) is 37.7 Å². The van der Waals surface area contributed by atoms with Crippen molar-refractivity contribution < 1.29 is 12.6 Å². The topological polar surface area (TPSA) is 71.0 Å². The molecule has 2 atom stereocenters. The number of benzene rings is 1. The number of hydrogen-bond donors (Lipinski definition) is 1. The molecular formula is C18H23N3O3S2. The average Bonchev–Trinajstić information content (AvgIpc) is 3.20. The molecule has 1 N–H and O–H groups in total. The molecule has 0 unspecified atom stereocenters. The van der Waals surface area contributed by atoms with E-state index in [4.69, 9.17) is 21.4 Å². The number of amidine groups is 1. The Kier molecular flexibility index (Phi) is 4.75. The predicted molar refractivity (Wildman–Crippen MR) is 106 cm³/mol. The van der Waals surface area contributed by atoms with Gasteiger partial charge in [-0.15, -0.1) is 0 Å². The first kappa shape index (κ1) is 17.9. The molecule has 2 fully saturated rings. The van der Waals surface area contributed by atoms with E-state index in [0.717, 1.165) is 36.2 Å². The van der Waals surface area contributed by atoms with E-state index in [1.165, 1.54) is 12.8 Å². The first-order valence-electron chi connectivity index (χ1n) is 9.04. The number of rotatable bonds is 3. The molecule has 8 heteroatoms. The number of aliphatic imine (C=N–C) groups is 1. The zero-order valence-electron chi connectivity index (χ0n) is 14.7. The minimum Gasteiger partial charge on any atom is -0.349 e. The summed E-state index contributed by atoms with van der Waals surface area (Å²) in [5.41, 5.74) is 1.91. The number of anilines is 1. The van der Waals surface area contributed by atoms with Gasteiger partial charge in [0.2, 0.25) is 0 Å². The molecule has 4 rings (SSSR count). The molecule has 0 amide bonds. The van der Waals surface area contributed by atoms with E-state index in [1.807, 2.05) is 24.3 Å². The lowest BCUT2D eigenvalue weighted by molar-refractivity contribution is 0.224. The molecule has 0 radical (unpaired) electrons. The van der Waals surface area contributed by atoms with Gasteiger partial charge in [-0.3, -0.25) is 9.18 Å². The van der Waals surface area contributed by atoms with Crippen LogP contribution < -0.4 is 5.32 Å². The SMILES string of the molecule is CS(=O)(=O)O[C@@H]1C[C@H]2C(=NC3CCCC3)Nc3ccccc3C(=S)N2C1. The van der Waals surface area contributed by atoms with Gasteiger partial charge in [-0.25, -0.2) is 0 Å². The quantitative estimate of drug-likeness (QED) is 0.629. The van der Waals surface area contributed by atoms with E-state index in [1.54, 1.807) is 0 Å². The van der Waals surface area contributed by atoms with Crippen LogP contribution in [0.15, 0.2) is 29.3 Å². The second kappa shape index (κ2) is 6.90. The highest BCUT2D eigenvalue weighted by molar-refractivity contribution is 7.86. The summed E-state index contributed by atoms with van der Waals surface area (Å²) in [7, 11) is -3.51. The van der Waals surface area contributed by atoms with E-state index in [2.05, 4.69) is 10.2 Å². The first-order chi connectivity index (χ1) is 12.4. The monoisotopic (exact) mass is 393 g/mol. The fraction of sp³-hybridized carbons (Fsp3) is 0.556. The van der Waals surface area contributed by atoms with Crippen LogP contribution in [0.3, 0.4) is 0 Å². The van der Waals surface area contributed by atoms with Gasteiger partial charge in [-0.1, -0.05) is 37.2 Å². The van der Waals surface area contributed by atoms with Crippen molar-refractivity contribution in [1.82, 2.24) is 4.90 Å². The number of nitrogens with one attached hydrogen (secondary N) is 1. The number of para-hydroxylation sites is 1. The molecule has 1 saturated carbocycles. The highest BCUT2D eigenvalue weighted by atomic mass is 32.2. The maximum Gasteiger partial charge on any atom is 0.264 e. The van der Waals surface area contributed by atoms with Crippen molar-refractivity contribution in [3.8, 4) is 0 Å². The van der Waals surface area contributed by atoms with Gasteiger partial charge >= 0.3 is 0 Å². The lowest BCUT2D eigenvalue weighted by Gasteiger charge is -2.25. The van der Waals surface area contributed by atoms with Crippen molar-refractivity contribution in [1.29, 1.82) is 0 Å². The molecule has 0 bridgehead atoms. The smallest absolute Gasteiger partial charge is 0.264 e. The number of thiocarbonyl (C=S) groups is 1. The van der Waals surface area contributed by atoms with Crippen molar-refractivity contribution in [2.45, 2.75) is 50.3 Å². The minimum absolute atomic E-state index is 0.0813. The zero-order valence-corrected chi connectivity index (χ0v) is 16.4. The van der Waals surface area contributed by atoms with Crippen molar-refractivity contribution in [3.63, 3.8) is 0 Å². The summed E-state index contributed by atoms with van der Waals surface area (Å²) in [6, 6.07) is 8.19. The highest BCUT2D eigenvalue weighted by Gasteiger charge is 2.41. The van der Waals surface area contributed by atoms with Crippen molar-refractivity contribution in [3.05, 3.63) is 29.8 Å². The van der Waals surface area contributed by atoms with Gasteiger partial charge in [0.1, 0.15) is 10.8 Å². The Balaban J connectivity index is 1.70. The fourth-order valence-electron chi connectivity index (χ4n) is 4.10. The molecule has 1 saturated heterocycles. The number of hydrogen-bond acceptors (Lipinski definition) is 5. The largest absolute Gasteiger partial charge is 0.349 e. The molecular weight excluding hydrogens is 370 g/mol. The Labute approximate surface area is 159 Å². The second-order valence-electron chi connectivity index (χ2n) is 7.25. The lowest BCUT2D eigenvalue weighted by Crippen LogP contribution is -2.40. The standard InChI is InChI=1S/C18H23N3O3S2/c1-26(22,23)24-13-10-16-17(19-12-6-2-3-7-12)20-15-9-5-4-8-14(15)18(25)21(16)11-13/h4-5,8-9,12-13,16H,2-3,6-7,10-11H2,1H3,(H,19,20)/t13-,16+/m1/s1. The lowest BCUT2D eigenvalue weighted by atomic mass is 10.1. The molecule has 140 valence electrons. The third kappa shape index (κ3) is 3.63. The summed E-state index contributed by atoms with van der Waals surface area (Å²) in [5.74, 6) is 0.879. The van der Waals surface area contributed by atoms with E-state index in [-0.39, 0.29) is 6.04 Å². The third-order valence-electron chi connectivity index (χ3n) is 5.22. The Bertz CT molecular complexity index is 847. The molecule has 0 aromatic heterocycles. The van der Waals surface area contributed by atoms with Crippen LogP contribution in [-0.2, 0) is 14.3 Å². The molecule has 1 aromatic rings. The Morgan fingerprint density at radius 1 is 1.27 bits per heavy atom. The third-order valence-corrected chi connectivity index (χ3v) is 6.29. The molecule has 2 aliphatic heterocycles. The average molecular weight is 394 g/mol. The van der Waals surface area contributed by atoms with Crippen molar-refractivity contribution >= 4 is 38.8 Å². The summed E-state index contributed by atoms with van der Waals surface area (Å²) in [5, 5.41) is 3.49. The van der Waals surface area contributed by atoms with E-state index >= 15 is 0 Å². The predicted octanol–water partition coefficient (Wildman–Crippen LogP) is 2.55. The molecule has 2 heterocycles. The summed E-state index contributed by atoms with van der Waals surface area (Å²) >= 11 is 5.74. The fourth-order valence-corrected chi connectivity index (χ4v) is 5.11. The zero-order chi connectivity index (χ0) is 18.3. The van der Waals surface area contributed by atoms with Crippen LogP contribution in [0.4, 0.5) is 5.69 Å². The molecule has 3 aliphatic rings. The van der Waals surface area contributed by atoms with Crippen molar-refractivity contribution in [2.75, 3.05) is 18.1 Å². The van der Waals surface area contributed by atoms with E-state index in [9.17, 15) is 8.42 Å². The minimum atomic E-state index is -3.51.